The van der Waals surface area contributed by atoms with Crippen molar-refractivity contribution in [3.05, 3.63) is 69.0 Å². The molecule has 3 unspecified atom stereocenters. The lowest BCUT2D eigenvalue weighted by Crippen LogP contribution is -2.63. The topological polar surface area (TPSA) is 169 Å². The number of hydrogen-bond donors (Lipinski definition) is 5. The summed E-state index contributed by atoms with van der Waals surface area (Å²) in [5.74, 6) is -8.28. The molecule has 0 saturated heterocycles. The van der Waals surface area contributed by atoms with Crippen LogP contribution in [0.2, 0.25) is 0 Å². The highest BCUT2D eigenvalue weighted by Gasteiger charge is 2.56. The van der Waals surface area contributed by atoms with Crippen LogP contribution in [0.3, 0.4) is 0 Å². The normalized spacial score (nSPS) is 23.7. The summed E-state index contributed by atoms with van der Waals surface area (Å²) in [6, 6.07) is 1.14. The molecule has 3 aliphatic rings. The fraction of sp³-hybridized carbons (Fsp3) is 0.367. The fourth-order valence-electron chi connectivity index (χ4n) is 6.95. The zero-order valence-corrected chi connectivity index (χ0v) is 23.8. The Morgan fingerprint density at radius 2 is 1.56 bits per heavy atom. The summed E-state index contributed by atoms with van der Waals surface area (Å²) >= 11 is 0. The molecule has 1 fully saturated rings. The first-order valence-corrected chi connectivity index (χ1v) is 13.6. The summed E-state index contributed by atoms with van der Waals surface area (Å²) < 4.78 is 82.4. The van der Waals surface area contributed by atoms with E-state index in [0.29, 0.717) is 12.1 Å². The van der Waals surface area contributed by atoms with E-state index in [-0.39, 0.29) is 41.2 Å². The molecule has 0 spiro atoms. The zero-order chi connectivity index (χ0) is 33.5. The number of carbonyl (C=O) groups is 3. The van der Waals surface area contributed by atoms with Crippen LogP contribution in [-0.2, 0) is 39.7 Å². The number of aliphatic hydroxyl groups excluding tert-OH is 2. The number of allylic oxidation sites excluding steroid dienone is 1. The predicted molar refractivity (Wildman–Crippen MR) is 145 cm³/mol. The third-order valence-corrected chi connectivity index (χ3v) is 8.79. The molecule has 0 radical (unpaired) electrons. The molecule has 1 saturated carbocycles. The second-order valence-electron chi connectivity index (χ2n) is 11.6. The highest BCUT2D eigenvalue weighted by atomic mass is 19.4. The van der Waals surface area contributed by atoms with E-state index in [1.807, 2.05) is 0 Å². The van der Waals surface area contributed by atoms with Crippen molar-refractivity contribution in [1.82, 2.24) is 4.90 Å². The van der Waals surface area contributed by atoms with Crippen LogP contribution in [0.15, 0.2) is 41.2 Å². The van der Waals surface area contributed by atoms with Gasteiger partial charge in [0.15, 0.2) is 17.1 Å². The van der Waals surface area contributed by atoms with Crippen LogP contribution in [-0.4, -0.2) is 57.8 Å². The number of Topliss-reactive ketones (excluding diaryl/α,β-unsaturated/α-hetero) is 2. The lowest BCUT2D eigenvalue weighted by atomic mass is 9.59. The van der Waals surface area contributed by atoms with Gasteiger partial charge in [-0.2, -0.15) is 26.3 Å². The molecule has 0 bridgehead atoms. The maximum atomic E-state index is 13.9. The van der Waals surface area contributed by atoms with E-state index in [2.05, 4.69) is 5.73 Å². The first-order valence-electron chi connectivity index (χ1n) is 13.6. The van der Waals surface area contributed by atoms with Crippen molar-refractivity contribution < 1.29 is 61.8 Å². The lowest BCUT2D eigenvalue weighted by Gasteiger charge is -2.46. The van der Waals surface area contributed by atoms with Crippen molar-refractivity contribution >= 4 is 23.2 Å². The van der Waals surface area contributed by atoms with Gasteiger partial charge in [-0.25, -0.2) is 4.79 Å². The van der Waals surface area contributed by atoms with Crippen LogP contribution < -0.4 is 11.5 Å². The number of amides is 1. The Morgan fingerprint density at radius 1 is 0.978 bits per heavy atom. The minimum absolute atomic E-state index is 0.0259. The number of phenolic OH excluding ortho intramolecular Hbond substituents is 1. The number of benzene rings is 2. The second-order valence-corrected chi connectivity index (χ2v) is 11.6. The molecule has 45 heavy (non-hydrogen) atoms. The molecule has 5 rings (SSSR count). The summed E-state index contributed by atoms with van der Waals surface area (Å²) in [6.45, 7) is -0.441. The van der Waals surface area contributed by atoms with Gasteiger partial charge in [0.25, 0.3) is 0 Å². The van der Waals surface area contributed by atoms with Crippen LogP contribution in [0.5, 0.6) is 5.75 Å². The Bertz CT molecular complexity index is 1690. The quantitative estimate of drug-likeness (QED) is 0.193. The number of carbonyl (C=O) groups excluding carboxylic acids is 3. The van der Waals surface area contributed by atoms with Crippen LogP contribution >= 0.6 is 0 Å². The number of fused-ring (bicyclic) bond motifs is 3. The Morgan fingerprint density at radius 3 is 2.04 bits per heavy atom. The van der Waals surface area contributed by atoms with Crippen molar-refractivity contribution in [2.45, 2.75) is 37.8 Å². The third kappa shape index (κ3) is 5.08. The summed E-state index contributed by atoms with van der Waals surface area (Å²) in [5.41, 5.74) is 3.56. The average Bonchev–Trinajstić information content (AvgIpc) is 2.91. The lowest BCUT2D eigenvalue weighted by molar-refractivity contribution is -0.299. The van der Waals surface area contributed by atoms with Gasteiger partial charge in [0.1, 0.15) is 17.3 Å². The number of aromatic hydroxyl groups is 1. The van der Waals surface area contributed by atoms with Gasteiger partial charge in [0.2, 0.25) is 0 Å². The number of nitrogens with two attached hydrogens (primary N) is 1. The van der Waals surface area contributed by atoms with Gasteiger partial charge in [-0.1, -0.05) is 0 Å². The van der Waals surface area contributed by atoms with Crippen LogP contribution in [0.4, 0.5) is 26.3 Å². The summed E-state index contributed by atoms with van der Waals surface area (Å²) in [6.07, 6.45) is -10.6. The van der Waals surface area contributed by atoms with Crippen molar-refractivity contribution in [2.75, 3.05) is 14.1 Å². The first-order chi connectivity index (χ1) is 20.8. The van der Waals surface area contributed by atoms with E-state index in [9.17, 15) is 56.0 Å². The number of ketones is 2. The Hall–Kier alpha value is -4.21. The number of aliphatic hydroxyl groups is 2. The van der Waals surface area contributed by atoms with Gasteiger partial charge < -0.3 is 21.1 Å². The fourth-order valence-corrected chi connectivity index (χ4v) is 6.95. The SMILES string of the molecule is CN(C)[C@@H]1C(O)=C(C([NH3+])=O)C(=O)C2C(=O)C3=C(O)c4c(O)c(CN)cc(-c5cc(C(F)(F)F)cc(C(F)(F)F)c5)c4CC3CC21. The number of hydrogen-bond acceptors (Lipinski definition) is 8. The van der Waals surface area contributed by atoms with Crippen molar-refractivity contribution in [3.63, 3.8) is 0 Å². The monoisotopic (exact) mass is 640 g/mol. The molecule has 15 heteroatoms. The zero-order valence-electron chi connectivity index (χ0n) is 23.8. The number of alkyl halides is 6. The summed E-state index contributed by atoms with van der Waals surface area (Å²) in [7, 11) is 3.08. The van der Waals surface area contributed by atoms with E-state index in [1.54, 1.807) is 14.1 Å². The van der Waals surface area contributed by atoms with Crippen molar-refractivity contribution in [3.8, 4) is 16.9 Å². The van der Waals surface area contributed by atoms with E-state index < -0.39 is 105 Å². The molecule has 3 aliphatic carbocycles. The molecule has 2 aromatic rings. The molecule has 2 aromatic carbocycles. The highest BCUT2D eigenvalue weighted by Crippen LogP contribution is 2.53. The van der Waals surface area contributed by atoms with Crippen LogP contribution in [0.25, 0.3) is 16.9 Å². The van der Waals surface area contributed by atoms with E-state index >= 15 is 0 Å². The number of phenols is 1. The first kappa shape index (κ1) is 32.2. The largest absolute Gasteiger partial charge is 0.509 e. The summed E-state index contributed by atoms with van der Waals surface area (Å²) in [5, 5.41) is 33.4. The maximum Gasteiger partial charge on any atom is 0.416 e. The van der Waals surface area contributed by atoms with Gasteiger partial charge in [-0.05, 0) is 79.7 Å². The molecule has 240 valence electrons. The van der Waals surface area contributed by atoms with Gasteiger partial charge >= 0.3 is 18.3 Å². The number of halogens is 6. The maximum absolute atomic E-state index is 13.9. The number of rotatable bonds is 4. The van der Waals surface area contributed by atoms with E-state index in [4.69, 9.17) is 5.73 Å². The van der Waals surface area contributed by atoms with Gasteiger partial charge in [-0.15, -0.1) is 0 Å². The van der Waals surface area contributed by atoms with Crippen LogP contribution in [0, 0.1) is 17.8 Å². The molecule has 0 heterocycles. The Balaban J connectivity index is 1.76. The number of nitrogens with zero attached hydrogens (tertiary/aromatic N) is 1. The number of quaternary nitrogens is 1. The Labute approximate surface area is 251 Å². The molecule has 1 amide bonds. The molecule has 0 aromatic heterocycles. The predicted octanol–water partition coefficient (Wildman–Crippen LogP) is 3.30. The summed E-state index contributed by atoms with van der Waals surface area (Å²) in [4.78, 5) is 41.0. The van der Waals surface area contributed by atoms with Crippen molar-refractivity contribution in [1.29, 1.82) is 0 Å². The average molecular weight is 641 g/mol. The number of likely N-dealkylation sites (N-methyl/N-ethyl adjacent to an activating group) is 1. The minimum Gasteiger partial charge on any atom is -0.509 e. The molecule has 0 aliphatic heterocycles. The molecule has 8 N–H and O–H groups in total. The van der Waals surface area contributed by atoms with E-state index in [0.717, 1.165) is 6.07 Å². The molecular formula is C30H28F6N3O6+. The highest BCUT2D eigenvalue weighted by molar-refractivity contribution is 6.27. The smallest absolute Gasteiger partial charge is 0.416 e. The van der Waals surface area contributed by atoms with E-state index in [1.165, 1.54) is 4.90 Å². The van der Waals surface area contributed by atoms with Gasteiger partial charge in [-0.3, -0.25) is 20.2 Å². The van der Waals surface area contributed by atoms with Gasteiger partial charge in [0, 0.05) is 17.7 Å². The van der Waals surface area contributed by atoms with Crippen molar-refractivity contribution in [2.24, 2.45) is 23.5 Å². The molecule has 4 atom stereocenters. The van der Waals surface area contributed by atoms with Crippen LogP contribution in [0.1, 0.15) is 34.2 Å². The second kappa shape index (κ2) is 10.7. The Kier molecular flexibility index (Phi) is 7.66. The molecule has 9 nitrogen and oxygen atoms in total. The van der Waals surface area contributed by atoms with Gasteiger partial charge in [0.05, 0.1) is 28.7 Å². The molecular weight excluding hydrogens is 612 g/mol. The third-order valence-electron chi connectivity index (χ3n) is 8.79. The standard InChI is InChI=1S/C30H27F6N3O6/c1-39(2)22-17-6-11-5-16-15(10-3-13(29(31,32)33)8-14(4-10)30(34,35)36)7-12(9-37)23(40)19(16)24(41)18(11)25(42)20(17)26(43)21(27(22)44)28(38)45/h3-4,7-8,11,17,20,22,40-41,44H,5-6,9,37H2,1-2H3,(H2,38,45)/p+1/t11?,17?,20?,22-/m0/s1. The minimum atomic E-state index is -5.15.